The summed E-state index contributed by atoms with van der Waals surface area (Å²) in [5, 5.41) is 0. The van der Waals surface area contributed by atoms with E-state index in [2.05, 4.69) is 36.2 Å². The van der Waals surface area contributed by atoms with Crippen molar-refractivity contribution in [1.82, 2.24) is 0 Å². The molecule has 1 unspecified atom stereocenters. The molecule has 0 aliphatic rings. The molecule has 0 N–H and O–H groups in total. The Morgan fingerprint density at radius 1 is 1.44 bits per heavy atom. The number of halogens is 1. The third-order valence-electron chi connectivity index (χ3n) is 1.37. The summed E-state index contributed by atoms with van der Waals surface area (Å²) in [6, 6.07) is 0. The second kappa shape index (κ2) is 6.60. The summed E-state index contributed by atoms with van der Waals surface area (Å²) in [6.45, 7) is 4.42. The largest absolute Gasteiger partial charge is 0.0888 e. The van der Waals surface area contributed by atoms with Crippen LogP contribution >= 0.6 is 15.9 Å². The third kappa shape index (κ3) is 6.36. The molecule has 0 aliphatic heterocycles. The first-order valence-corrected chi connectivity index (χ1v) is 4.70. The highest BCUT2D eigenvalue weighted by atomic mass is 79.9. The van der Waals surface area contributed by atoms with Gasteiger partial charge in [0.15, 0.2) is 0 Å². The Hall–Kier alpha value is 0.480. The van der Waals surface area contributed by atoms with Gasteiger partial charge in [0.25, 0.3) is 0 Å². The molecule has 0 fully saturated rings. The summed E-state index contributed by atoms with van der Waals surface area (Å²) in [5.74, 6) is 0. The minimum Gasteiger partial charge on any atom is -0.0888 e. The molecule has 0 nitrogen and oxygen atoms in total. The standard InChI is InChI=1S/C8H16Br/c1-3-5-6-7-8(9)4-2/h7-8H,3-6H2,1-2H3. The van der Waals surface area contributed by atoms with Crippen LogP contribution in [0.1, 0.15) is 39.5 Å². The Balaban J connectivity index is 2.88. The molecule has 0 amide bonds. The minimum atomic E-state index is 0.643. The average molecular weight is 192 g/mol. The smallest absolute Gasteiger partial charge is 0.0174 e. The van der Waals surface area contributed by atoms with Crippen molar-refractivity contribution in [1.29, 1.82) is 0 Å². The summed E-state index contributed by atoms with van der Waals surface area (Å²) in [4.78, 5) is 0.643. The van der Waals surface area contributed by atoms with E-state index in [1.54, 1.807) is 0 Å². The van der Waals surface area contributed by atoms with Gasteiger partial charge in [0.1, 0.15) is 0 Å². The molecular formula is C8H16Br. The van der Waals surface area contributed by atoms with Crippen LogP contribution in [0.25, 0.3) is 0 Å². The van der Waals surface area contributed by atoms with Crippen LogP contribution in [0.2, 0.25) is 0 Å². The molecule has 0 saturated heterocycles. The van der Waals surface area contributed by atoms with E-state index in [-0.39, 0.29) is 0 Å². The maximum Gasteiger partial charge on any atom is 0.0174 e. The van der Waals surface area contributed by atoms with E-state index in [4.69, 9.17) is 0 Å². The highest BCUT2D eigenvalue weighted by molar-refractivity contribution is 9.09. The monoisotopic (exact) mass is 191 g/mol. The van der Waals surface area contributed by atoms with Crippen molar-refractivity contribution in [3.8, 4) is 0 Å². The molecule has 55 valence electrons. The predicted octanol–water partition coefficient (Wildman–Crippen LogP) is 3.55. The molecule has 0 rings (SSSR count). The minimum absolute atomic E-state index is 0.643. The van der Waals surface area contributed by atoms with Gasteiger partial charge in [-0.25, -0.2) is 0 Å². The number of unbranched alkanes of at least 4 members (excludes halogenated alkanes) is 2. The maximum absolute atomic E-state index is 3.55. The van der Waals surface area contributed by atoms with E-state index in [0.29, 0.717) is 4.83 Å². The van der Waals surface area contributed by atoms with Gasteiger partial charge in [-0.15, -0.1) is 0 Å². The fourth-order valence-corrected chi connectivity index (χ4v) is 0.934. The summed E-state index contributed by atoms with van der Waals surface area (Å²) >= 11 is 3.55. The molecule has 0 saturated carbocycles. The van der Waals surface area contributed by atoms with Crippen LogP contribution in [0, 0.1) is 6.42 Å². The van der Waals surface area contributed by atoms with Crippen LogP contribution < -0.4 is 0 Å². The van der Waals surface area contributed by atoms with E-state index in [1.807, 2.05) is 0 Å². The Morgan fingerprint density at radius 3 is 2.56 bits per heavy atom. The number of hydrogen-bond donors (Lipinski definition) is 0. The first-order valence-electron chi connectivity index (χ1n) is 3.78. The van der Waals surface area contributed by atoms with E-state index in [9.17, 15) is 0 Å². The molecule has 1 heteroatoms. The predicted molar refractivity (Wildman–Crippen MR) is 46.8 cm³/mol. The van der Waals surface area contributed by atoms with Gasteiger partial charge in [0, 0.05) is 4.83 Å². The zero-order valence-electron chi connectivity index (χ0n) is 6.36. The molecule has 0 aromatic heterocycles. The topological polar surface area (TPSA) is 0 Å². The zero-order valence-corrected chi connectivity index (χ0v) is 7.95. The van der Waals surface area contributed by atoms with Crippen molar-refractivity contribution in [3.05, 3.63) is 6.42 Å². The molecule has 0 aliphatic carbocycles. The Bertz CT molecular complexity index is 52.5. The van der Waals surface area contributed by atoms with Gasteiger partial charge in [-0.3, -0.25) is 0 Å². The molecule has 0 aromatic rings. The normalized spacial score (nSPS) is 13.7. The lowest BCUT2D eigenvalue weighted by molar-refractivity contribution is 0.748. The summed E-state index contributed by atoms with van der Waals surface area (Å²) in [7, 11) is 0. The maximum atomic E-state index is 3.55. The van der Waals surface area contributed by atoms with E-state index < -0.39 is 0 Å². The van der Waals surface area contributed by atoms with Crippen LogP contribution in [0.5, 0.6) is 0 Å². The second-order valence-corrected chi connectivity index (χ2v) is 3.48. The quantitative estimate of drug-likeness (QED) is 0.461. The molecule has 9 heavy (non-hydrogen) atoms. The van der Waals surface area contributed by atoms with E-state index >= 15 is 0 Å². The fourth-order valence-electron chi connectivity index (χ4n) is 0.669. The lowest BCUT2D eigenvalue weighted by atomic mass is 10.1. The molecule has 0 bridgehead atoms. The van der Waals surface area contributed by atoms with Gasteiger partial charge in [0.2, 0.25) is 0 Å². The van der Waals surface area contributed by atoms with E-state index in [1.165, 1.54) is 25.7 Å². The fraction of sp³-hybridized carbons (Fsp3) is 0.875. The van der Waals surface area contributed by atoms with Crippen molar-refractivity contribution in [3.63, 3.8) is 0 Å². The Morgan fingerprint density at radius 2 is 2.11 bits per heavy atom. The van der Waals surface area contributed by atoms with Gasteiger partial charge in [-0.1, -0.05) is 42.6 Å². The van der Waals surface area contributed by atoms with Crippen LogP contribution in [0.15, 0.2) is 0 Å². The zero-order chi connectivity index (χ0) is 7.11. The molecule has 0 spiro atoms. The summed E-state index contributed by atoms with van der Waals surface area (Å²) in [6.07, 6.45) is 7.47. The van der Waals surface area contributed by atoms with Crippen molar-refractivity contribution >= 4 is 15.9 Å². The highest BCUT2D eigenvalue weighted by Gasteiger charge is 1.98. The molecule has 1 radical (unpaired) electrons. The van der Waals surface area contributed by atoms with E-state index in [0.717, 1.165) is 0 Å². The van der Waals surface area contributed by atoms with Crippen molar-refractivity contribution in [2.24, 2.45) is 0 Å². The van der Waals surface area contributed by atoms with Crippen LogP contribution in [-0.2, 0) is 0 Å². The molecule has 1 atom stereocenters. The summed E-state index contributed by atoms with van der Waals surface area (Å²) in [5.41, 5.74) is 0. The third-order valence-corrected chi connectivity index (χ3v) is 2.39. The first-order chi connectivity index (χ1) is 4.31. The number of rotatable bonds is 5. The van der Waals surface area contributed by atoms with Crippen LogP contribution in [0.4, 0.5) is 0 Å². The lowest BCUT2D eigenvalue weighted by Gasteiger charge is -2.03. The van der Waals surface area contributed by atoms with Gasteiger partial charge in [-0.05, 0) is 19.3 Å². The number of alkyl halides is 1. The molecule has 0 aromatic carbocycles. The number of hydrogen-bond acceptors (Lipinski definition) is 0. The van der Waals surface area contributed by atoms with Gasteiger partial charge in [-0.2, -0.15) is 0 Å². The molecule has 0 heterocycles. The molecular weight excluding hydrogens is 176 g/mol. The lowest BCUT2D eigenvalue weighted by Crippen LogP contribution is -1.94. The van der Waals surface area contributed by atoms with Gasteiger partial charge in [0.05, 0.1) is 0 Å². The van der Waals surface area contributed by atoms with Crippen molar-refractivity contribution in [2.45, 2.75) is 44.4 Å². The first kappa shape index (κ1) is 9.48. The van der Waals surface area contributed by atoms with Crippen LogP contribution in [0.3, 0.4) is 0 Å². The Labute approximate surface area is 67.2 Å². The van der Waals surface area contributed by atoms with Gasteiger partial charge >= 0.3 is 0 Å². The highest BCUT2D eigenvalue weighted by Crippen LogP contribution is 2.12. The average Bonchev–Trinajstić information content (AvgIpc) is 1.89. The summed E-state index contributed by atoms with van der Waals surface area (Å²) < 4.78 is 0. The van der Waals surface area contributed by atoms with Crippen LogP contribution in [-0.4, -0.2) is 4.83 Å². The Kier molecular flexibility index (Phi) is 6.95. The second-order valence-electron chi connectivity index (χ2n) is 2.30. The van der Waals surface area contributed by atoms with Crippen molar-refractivity contribution in [2.75, 3.05) is 0 Å². The SMILES string of the molecule is CCCC[CH]C(Br)CC. The van der Waals surface area contributed by atoms with Crippen molar-refractivity contribution < 1.29 is 0 Å². The van der Waals surface area contributed by atoms with Gasteiger partial charge < -0.3 is 0 Å².